The Labute approximate surface area is 144 Å². The minimum atomic E-state index is -0.142. The predicted molar refractivity (Wildman–Crippen MR) is 96.2 cm³/mol. The quantitative estimate of drug-likeness (QED) is 0.446. The lowest BCUT2D eigenvalue weighted by Crippen LogP contribution is -2.27. The van der Waals surface area contributed by atoms with Crippen molar-refractivity contribution in [2.45, 2.75) is 0 Å². The summed E-state index contributed by atoms with van der Waals surface area (Å²) in [5, 5.41) is 0. The van der Waals surface area contributed by atoms with Crippen LogP contribution in [0.5, 0.6) is 17.2 Å². The molecule has 0 unspecified atom stereocenters. The molecule has 0 N–H and O–H groups in total. The predicted octanol–water partition coefficient (Wildman–Crippen LogP) is 3.10. The molecule has 0 bridgehead atoms. The van der Waals surface area contributed by atoms with E-state index >= 15 is 0 Å². The zero-order valence-corrected chi connectivity index (χ0v) is 14.8. The molecule has 0 spiro atoms. The molecule has 1 amide bonds. The molecule has 2 rings (SSSR count). The first-order chi connectivity index (χ1) is 11.0. The molecule has 1 heterocycles. The lowest BCUT2D eigenvalue weighted by molar-refractivity contribution is -0.121. The van der Waals surface area contributed by atoms with E-state index in [2.05, 4.69) is 6.58 Å². The monoisotopic (exact) mass is 351 g/mol. The van der Waals surface area contributed by atoms with Crippen molar-refractivity contribution >= 4 is 40.3 Å². The number of hydrogen-bond acceptors (Lipinski definition) is 6. The smallest absolute Gasteiger partial charge is 0.266 e. The molecule has 5 nitrogen and oxygen atoms in total. The van der Waals surface area contributed by atoms with E-state index in [4.69, 9.17) is 26.4 Å². The van der Waals surface area contributed by atoms with Crippen LogP contribution in [0.15, 0.2) is 29.7 Å². The van der Waals surface area contributed by atoms with E-state index in [-0.39, 0.29) is 5.91 Å². The Balaban J connectivity index is 2.44. The maximum atomic E-state index is 12.4. The maximum Gasteiger partial charge on any atom is 0.266 e. The highest BCUT2D eigenvalue weighted by Gasteiger charge is 2.31. The third kappa shape index (κ3) is 3.51. The van der Waals surface area contributed by atoms with E-state index in [9.17, 15) is 4.79 Å². The van der Waals surface area contributed by atoms with Gasteiger partial charge in [-0.25, -0.2) is 0 Å². The van der Waals surface area contributed by atoms with E-state index < -0.39 is 0 Å². The summed E-state index contributed by atoms with van der Waals surface area (Å²) in [5.74, 6) is 1.55. The number of hydrogen-bond donors (Lipinski definition) is 0. The molecule has 0 atom stereocenters. The van der Waals surface area contributed by atoms with Crippen molar-refractivity contribution in [3.63, 3.8) is 0 Å². The molecule has 1 aliphatic heterocycles. The van der Waals surface area contributed by atoms with Crippen molar-refractivity contribution < 1.29 is 19.0 Å². The van der Waals surface area contributed by atoms with Gasteiger partial charge in [-0.2, -0.15) is 0 Å². The van der Waals surface area contributed by atoms with E-state index in [1.807, 2.05) is 0 Å². The van der Waals surface area contributed by atoms with E-state index in [0.29, 0.717) is 38.6 Å². The van der Waals surface area contributed by atoms with Crippen molar-refractivity contribution in [3.8, 4) is 17.2 Å². The number of nitrogens with zero attached hydrogens (tertiary/aromatic N) is 1. The SMILES string of the molecule is C=CCN1C(=O)C(=Cc2cc(OC)c(OC)cc2OC)SC1=S. The number of thiocarbonyl (C=S) groups is 1. The first-order valence-corrected chi connectivity index (χ1v) is 7.94. The van der Waals surface area contributed by atoms with Crippen LogP contribution in [0.2, 0.25) is 0 Å². The van der Waals surface area contributed by atoms with Crippen LogP contribution in [-0.4, -0.2) is 43.0 Å². The standard InChI is InChI=1S/C16H17NO4S2/c1-5-6-17-15(18)14(23-16(17)22)8-10-7-12(20-3)13(21-4)9-11(10)19-2/h5,7-9H,1,6H2,2-4H3. The number of methoxy groups -OCH3 is 3. The molecule has 23 heavy (non-hydrogen) atoms. The van der Waals surface area contributed by atoms with Gasteiger partial charge in [-0.1, -0.05) is 30.1 Å². The summed E-state index contributed by atoms with van der Waals surface area (Å²) < 4.78 is 16.4. The highest BCUT2D eigenvalue weighted by atomic mass is 32.2. The summed E-state index contributed by atoms with van der Waals surface area (Å²) in [6, 6.07) is 3.48. The fourth-order valence-corrected chi connectivity index (χ4v) is 3.36. The molecule has 0 radical (unpaired) electrons. The first kappa shape index (κ1) is 17.4. The topological polar surface area (TPSA) is 48.0 Å². The molecule has 7 heteroatoms. The van der Waals surface area contributed by atoms with Gasteiger partial charge in [-0.05, 0) is 12.1 Å². The number of benzene rings is 1. The van der Waals surface area contributed by atoms with Crippen molar-refractivity contribution in [1.29, 1.82) is 0 Å². The molecule has 1 aliphatic rings. The van der Waals surface area contributed by atoms with Crippen LogP contribution in [0.4, 0.5) is 0 Å². The van der Waals surface area contributed by atoms with Gasteiger partial charge in [0, 0.05) is 18.2 Å². The van der Waals surface area contributed by atoms with Crippen molar-refractivity contribution in [2.24, 2.45) is 0 Å². The number of thioether (sulfide) groups is 1. The summed E-state index contributed by atoms with van der Waals surface area (Å²) >= 11 is 6.48. The molecular formula is C16H17NO4S2. The molecule has 122 valence electrons. The van der Waals surface area contributed by atoms with E-state index in [0.717, 1.165) is 0 Å². The lowest BCUT2D eigenvalue weighted by atomic mass is 10.1. The Hall–Kier alpha value is -1.99. The summed E-state index contributed by atoms with van der Waals surface area (Å²) in [4.78, 5) is 14.4. The van der Waals surface area contributed by atoms with Gasteiger partial charge >= 0.3 is 0 Å². The minimum Gasteiger partial charge on any atom is -0.496 e. The van der Waals surface area contributed by atoms with Gasteiger partial charge in [-0.15, -0.1) is 6.58 Å². The number of carbonyl (C=O) groups excluding carboxylic acids is 1. The molecule has 0 aromatic heterocycles. The highest BCUT2D eigenvalue weighted by Crippen LogP contribution is 2.38. The molecule has 1 aromatic rings. The molecule has 1 fully saturated rings. The summed E-state index contributed by atoms with van der Waals surface area (Å²) in [6.07, 6.45) is 3.38. The molecule has 0 saturated carbocycles. The minimum absolute atomic E-state index is 0.142. The van der Waals surface area contributed by atoms with Gasteiger partial charge in [0.05, 0.1) is 26.2 Å². The van der Waals surface area contributed by atoms with Crippen molar-refractivity contribution in [3.05, 3.63) is 35.3 Å². The third-order valence-electron chi connectivity index (χ3n) is 3.21. The van der Waals surface area contributed by atoms with Gasteiger partial charge in [0.25, 0.3) is 5.91 Å². The fourth-order valence-electron chi connectivity index (χ4n) is 2.09. The molecule has 1 aromatic carbocycles. The second-order valence-electron chi connectivity index (χ2n) is 4.53. The van der Waals surface area contributed by atoms with Crippen LogP contribution < -0.4 is 14.2 Å². The largest absolute Gasteiger partial charge is 0.496 e. The molecule has 1 saturated heterocycles. The van der Waals surface area contributed by atoms with Crippen molar-refractivity contribution in [2.75, 3.05) is 27.9 Å². The van der Waals surface area contributed by atoms with Crippen LogP contribution in [0.3, 0.4) is 0 Å². The average Bonchev–Trinajstić information content (AvgIpc) is 2.82. The van der Waals surface area contributed by atoms with Gasteiger partial charge in [0.1, 0.15) is 10.1 Å². The van der Waals surface area contributed by atoms with Gasteiger partial charge in [0.2, 0.25) is 0 Å². The van der Waals surface area contributed by atoms with Crippen LogP contribution in [0.1, 0.15) is 5.56 Å². The second kappa shape index (κ2) is 7.52. The van der Waals surface area contributed by atoms with Crippen molar-refractivity contribution in [1.82, 2.24) is 4.90 Å². The van der Waals surface area contributed by atoms with Crippen LogP contribution in [0, 0.1) is 0 Å². The zero-order chi connectivity index (χ0) is 17.0. The zero-order valence-electron chi connectivity index (χ0n) is 13.1. The third-order valence-corrected chi connectivity index (χ3v) is 4.59. The van der Waals surface area contributed by atoms with E-state index in [1.165, 1.54) is 16.7 Å². The highest BCUT2D eigenvalue weighted by molar-refractivity contribution is 8.26. The van der Waals surface area contributed by atoms with Crippen LogP contribution >= 0.6 is 24.0 Å². The maximum absolute atomic E-state index is 12.4. The summed E-state index contributed by atoms with van der Waals surface area (Å²) in [7, 11) is 4.66. The average molecular weight is 351 g/mol. The van der Waals surface area contributed by atoms with Gasteiger partial charge in [-0.3, -0.25) is 9.69 Å². The Bertz CT molecular complexity index is 685. The Kier molecular flexibility index (Phi) is 5.68. The first-order valence-electron chi connectivity index (χ1n) is 6.72. The molecule has 0 aliphatic carbocycles. The van der Waals surface area contributed by atoms with Crippen LogP contribution in [-0.2, 0) is 4.79 Å². The number of ether oxygens (including phenoxy) is 3. The fraction of sp³-hybridized carbons (Fsp3) is 0.250. The number of carbonyl (C=O) groups is 1. The summed E-state index contributed by atoms with van der Waals surface area (Å²) in [5.41, 5.74) is 0.712. The normalized spacial score (nSPS) is 16.0. The number of rotatable bonds is 6. The Morgan fingerprint density at radius 3 is 2.35 bits per heavy atom. The second-order valence-corrected chi connectivity index (χ2v) is 6.21. The van der Waals surface area contributed by atoms with E-state index in [1.54, 1.807) is 45.6 Å². The summed E-state index contributed by atoms with van der Waals surface area (Å²) in [6.45, 7) is 4.03. The Morgan fingerprint density at radius 2 is 1.78 bits per heavy atom. The van der Waals surface area contributed by atoms with Gasteiger partial charge < -0.3 is 14.2 Å². The number of amides is 1. The Morgan fingerprint density at radius 1 is 1.17 bits per heavy atom. The molecular weight excluding hydrogens is 334 g/mol. The lowest BCUT2D eigenvalue weighted by Gasteiger charge is -2.12. The van der Waals surface area contributed by atoms with Gasteiger partial charge in [0.15, 0.2) is 11.5 Å². The van der Waals surface area contributed by atoms with Crippen LogP contribution in [0.25, 0.3) is 6.08 Å².